The van der Waals surface area contributed by atoms with E-state index in [1.54, 1.807) is 6.07 Å². The minimum absolute atomic E-state index is 0.0243. The highest BCUT2D eigenvalue weighted by molar-refractivity contribution is 7.86. The first-order chi connectivity index (χ1) is 10.1. The number of rotatable bonds is 9. The Morgan fingerprint density at radius 3 is 2.27 bits per heavy atom. The van der Waals surface area contributed by atoms with Crippen LogP contribution < -0.4 is 0 Å². The zero-order chi connectivity index (χ0) is 16.8. The summed E-state index contributed by atoms with van der Waals surface area (Å²) in [5.41, 5.74) is 0.586. The topological polar surface area (TPSA) is 86.7 Å². The van der Waals surface area contributed by atoms with Gasteiger partial charge >= 0.3 is 0 Å². The van der Waals surface area contributed by atoms with Crippen molar-refractivity contribution in [3.8, 4) is 0 Å². The number of halogens is 1. The lowest BCUT2D eigenvalue weighted by Crippen LogP contribution is -2.14. The number of hydrogen-bond acceptors (Lipinski definition) is 6. The van der Waals surface area contributed by atoms with Crippen LogP contribution >= 0.6 is 0 Å². The fourth-order valence-corrected chi connectivity index (χ4v) is 2.68. The molecule has 1 aromatic carbocycles. The van der Waals surface area contributed by atoms with Gasteiger partial charge in [0.1, 0.15) is 5.82 Å². The minimum atomic E-state index is -3.61. The molecule has 0 spiro atoms. The van der Waals surface area contributed by atoms with Gasteiger partial charge in [0, 0.05) is 5.92 Å². The van der Waals surface area contributed by atoms with E-state index in [9.17, 15) is 21.2 Å². The van der Waals surface area contributed by atoms with Crippen molar-refractivity contribution >= 4 is 20.2 Å². The molecular formula is C13H19FO6S2. The summed E-state index contributed by atoms with van der Waals surface area (Å²) in [7, 11) is -7.13. The lowest BCUT2D eigenvalue weighted by molar-refractivity contribution is 0.267. The molecule has 0 amide bonds. The van der Waals surface area contributed by atoms with Gasteiger partial charge < -0.3 is 0 Å². The predicted octanol–water partition coefficient (Wildman–Crippen LogP) is 1.64. The van der Waals surface area contributed by atoms with Gasteiger partial charge in [0.2, 0.25) is 0 Å². The fraction of sp³-hybridized carbons (Fsp3) is 0.538. The van der Waals surface area contributed by atoms with E-state index < -0.39 is 26.1 Å². The minimum Gasteiger partial charge on any atom is -0.270 e. The average Bonchev–Trinajstić information content (AvgIpc) is 2.35. The number of hydrogen-bond donors (Lipinski definition) is 0. The summed E-state index contributed by atoms with van der Waals surface area (Å²) >= 11 is 0. The van der Waals surface area contributed by atoms with Crippen LogP contribution in [-0.4, -0.2) is 42.6 Å². The SMILES string of the molecule is CS(=O)(=O)OCCCC(COS(C)(=O)=O)c1cccc(F)c1. The Hall–Kier alpha value is -1.03. The van der Waals surface area contributed by atoms with Gasteiger partial charge in [-0.15, -0.1) is 0 Å². The lowest BCUT2D eigenvalue weighted by atomic mass is 9.95. The quantitative estimate of drug-likeness (QED) is 0.495. The molecule has 0 fully saturated rings. The molecule has 0 saturated heterocycles. The summed E-state index contributed by atoms with van der Waals surface area (Å²) < 4.78 is 66.6. The van der Waals surface area contributed by atoms with Gasteiger partial charge in [0.15, 0.2) is 0 Å². The van der Waals surface area contributed by atoms with E-state index in [1.807, 2.05) is 0 Å². The molecule has 0 aliphatic heterocycles. The Morgan fingerprint density at radius 2 is 1.73 bits per heavy atom. The van der Waals surface area contributed by atoms with Crippen LogP contribution in [0.5, 0.6) is 0 Å². The molecule has 0 bridgehead atoms. The third-order valence-corrected chi connectivity index (χ3v) is 3.96. The van der Waals surface area contributed by atoms with Gasteiger partial charge in [0.25, 0.3) is 20.2 Å². The maximum Gasteiger partial charge on any atom is 0.264 e. The van der Waals surface area contributed by atoms with Crippen molar-refractivity contribution in [1.82, 2.24) is 0 Å². The van der Waals surface area contributed by atoms with Gasteiger partial charge in [-0.25, -0.2) is 4.39 Å². The van der Waals surface area contributed by atoms with Crippen molar-refractivity contribution in [3.63, 3.8) is 0 Å². The second-order valence-corrected chi connectivity index (χ2v) is 8.20. The highest BCUT2D eigenvalue weighted by atomic mass is 32.2. The average molecular weight is 354 g/mol. The summed E-state index contributed by atoms with van der Waals surface area (Å²) in [6, 6.07) is 5.76. The molecule has 0 radical (unpaired) electrons. The predicted molar refractivity (Wildman–Crippen MR) is 80.0 cm³/mol. The molecule has 0 heterocycles. The van der Waals surface area contributed by atoms with Crippen LogP contribution in [0.2, 0.25) is 0 Å². The Balaban J connectivity index is 2.70. The Kier molecular flexibility index (Phi) is 6.92. The van der Waals surface area contributed by atoms with Crippen molar-refractivity contribution in [1.29, 1.82) is 0 Å². The Bertz CT molecular complexity index is 684. The van der Waals surface area contributed by atoms with Crippen molar-refractivity contribution in [2.45, 2.75) is 18.8 Å². The Morgan fingerprint density at radius 1 is 1.09 bits per heavy atom. The van der Waals surface area contributed by atoms with Crippen LogP contribution in [0.4, 0.5) is 4.39 Å². The normalized spacial score (nSPS) is 14.0. The summed E-state index contributed by atoms with van der Waals surface area (Å²) in [6.07, 6.45) is 2.64. The molecule has 1 unspecified atom stereocenters. The van der Waals surface area contributed by atoms with Gasteiger partial charge in [-0.2, -0.15) is 16.8 Å². The Labute approximate surface area is 130 Å². The van der Waals surface area contributed by atoms with Crippen LogP contribution in [0, 0.1) is 5.82 Å². The highest BCUT2D eigenvalue weighted by Gasteiger charge is 2.16. The van der Waals surface area contributed by atoms with Gasteiger partial charge in [0.05, 0.1) is 25.7 Å². The van der Waals surface area contributed by atoms with E-state index in [2.05, 4.69) is 4.18 Å². The van der Waals surface area contributed by atoms with E-state index in [-0.39, 0.29) is 19.1 Å². The molecule has 1 aromatic rings. The van der Waals surface area contributed by atoms with E-state index in [0.29, 0.717) is 18.4 Å². The summed E-state index contributed by atoms with van der Waals surface area (Å²) in [5, 5.41) is 0. The van der Waals surface area contributed by atoms with Crippen LogP contribution in [0.3, 0.4) is 0 Å². The van der Waals surface area contributed by atoms with Crippen molar-refractivity contribution < 1.29 is 29.6 Å². The zero-order valence-corrected chi connectivity index (χ0v) is 14.0. The zero-order valence-electron chi connectivity index (χ0n) is 12.4. The van der Waals surface area contributed by atoms with E-state index in [1.165, 1.54) is 18.2 Å². The molecule has 0 aliphatic carbocycles. The largest absolute Gasteiger partial charge is 0.270 e. The van der Waals surface area contributed by atoms with Gasteiger partial charge in [-0.1, -0.05) is 12.1 Å². The van der Waals surface area contributed by atoms with Crippen LogP contribution in [-0.2, 0) is 28.6 Å². The molecule has 6 nitrogen and oxygen atoms in total. The van der Waals surface area contributed by atoms with Crippen molar-refractivity contribution in [2.75, 3.05) is 25.7 Å². The van der Waals surface area contributed by atoms with Gasteiger partial charge in [-0.05, 0) is 30.5 Å². The maximum absolute atomic E-state index is 13.3. The highest BCUT2D eigenvalue weighted by Crippen LogP contribution is 2.23. The second-order valence-electron chi connectivity index (χ2n) is 4.91. The van der Waals surface area contributed by atoms with E-state index in [4.69, 9.17) is 4.18 Å². The standard InChI is InChI=1S/C13H19FO6S2/c1-21(15,16)19-8-4-6-12(10-20-22(2,17)18)11-5-3-7-13(14)9-11/h3,5,7,9,12H,4,6,8,10H2,1-2H3. The second kappa shape index (κ2) is 8.00. The van der Waals surface area contributed by atoms with E-state index in [0.717, 1.165) is 12.5 Å². The molecule has 0 aliphatic rings. The molecule has 0 N–H and O–H groups in total. The molecular weight excluding hydrogens is 335 g/mol. The summed E-state index contributed by atoms with van der Waals surface area (Å²) in [5.74, 6) is -0.817. The summed E-state index contributed by atoms with van der Waals surface area (Å²) in [6.45, 7) is -0.162. The first kappa shape index (κ1) is 19.0. The summed E-state index contributed by atoms with van der Waals surface area (Å²) in [4.78, 5) is 0. The number of benzene rings is 1. The van der Waals surface area contributed by atoms with E-state index >= 15 is 0 Å². The fourth-order valence-electron chi connectivity index (χ4n) is 1.85. The van der Waals surface area contributed by atoms with Crippen LogP contribution in [0.1, 0.15) is 24.3 Å². The molecule has 9 heteroatoms. The van der Waals surface area contributed by atoms with Crippen LogP contribution in [0.15, 0.2) is 24.3 Å². The first-order valence-electron chi connectivity index (χ1n) is 6.51. The van der Waals surface area contributed by atoms with Crippen molar-refractivity contribution in [2.24, 2.45) is 0 Å². The lowest BCUT2D eigenvalue weighted by Gasteiger charge is -2.17. The third kappa shape index (κ3) is 8.42. The third-order valence-electron chi connectivity index (χ3n) is 2.80. The molecule has 0 aromatic heterocycles. The molecule has 0 saturated carbocycles. The molecule has 22 heavy (non-hydrogen) atoms. The van der Waals surface area contributed by atoms with Crippen molar-refractivity contribution in [3.05, 3.63) is 35.6 Å². The van der Waals surface area contributed by atoms with Crippen LogP contribution in [0.25, 0.3) is 0 Å². The maximum atomic E-state index is 13.3. The molecule has 1 atom stereocenters. The molecule has 126 valence electrons. The first-order valence-corrected chi connectivity index (χ1v) is 10.1. The monoisotopic (exact) mass is 354 g/mol. The van der Waals surface area contributed by atoms with Gasteiger partial charge in [-0.3, -0.25) is 8.37 Å². The smallest absolute Gasteiger partial charge is 0.264 e. The molecule has 1 rings (SSSR count).